The third kappa shape index (κ3) is 1.93. The zero-order valence-electron chi connectivity index (χ0n) is 11.2. The number of aromatic nitrogens is 3. The highest BCUT2D eigenvalue weighted by atomic mass is 16.5. The van der Waals surface area contributed by atoms with Gasteiger partial charge in [-0.3, -0.25) is 0 Å². The molecule has 0 spiro atoms. The van der Waals surface area contributed by atoms with E-state index in [-0.39, 0.29) is 0 Å². The van der Waals surface area contributed by atoms with E-state index in [0.29, 0.717) is 17.0 Å². The Morgan fingerprint density at radius 3 is 2.75 bits per heavy atom. The van der Waals surface area contributed by atoms with Crippen LogP contribution < -0.4 is 0 Å². The van der Waals surface area contributed by atoms with Crippen LogP contribution in [0.3, 0.4) is 0 Å². The van der Waals surface area contributed by atoms with Crippen LogP contribution in [0.15, 0.2) is 42.6 Å². The first-order valence-corrected chi connectivity index (χ1v) is 6.20. The lowest BCUT2D eigenvalue weighted by Crippen LogP contribution is -2.04. The number of benzene rings is 1. The smallest absolute Gasteiger partial charge is 0.341 e. The van der Waals surface area contributed by atoms with Crippen molar-refractivity contribution in [1.82, 2.24) is 14.6 Å². The predicted molar refractivity (Wildman–Crippen MR) is 74.5 cm³/mol. The second-order valence-electron chi connectivity index (χ2n) is 4.43. The number of hydrogen-bond acceptors (Lipinski definition) is 4. The van der Waals surface area contributed by atoms with Gasteiger partial charge in [-0.2, -0.15) is 0 Å². The van der Waals surface area contributed by atoms with E-state index in [2.05, 4.69) is 10.1 Å². The standard InChI is InChI=1S/C15H13N3O2/c1-10-6-3-4-7-11(10)13-16-14-12(15(19)20-2)8-5-9-18(14)17-13/h3-9H,1-2H3. The number of aryl methyl sites for hydroxylation is 1. The van der Waals surface area contributed by atoms with E-state index in [1.54, 1.807) is 22.8 Å². The summed E-state index contributed by atoms with van der Waals surface area (Å²) >= 11 is 0. The molecule has 0 aliphatic carbocycles. The van der Waals surface area contributed by atoms with Crippen LogP contribution in [-0.4, -0.2) is 27.7 Å². The Bertz CT molecular complexity index is 793. The molecule has 100 valence electrons. The molecule has 0 N–H and O–H groups in total. The van der Waals surface area contributed by atoms with Crippen molar-refractivity contribution < 1.29 is 9.53 Å². The van der Waals surface area contributed by atoms with Gasteiger partial charge in [0.2, 0.25) is 0 Å². The zero-order chi connectivity index (χ0) is 14.1. The molecule has 3 aromatic rings. The highest BCUT2D eigenvalue weighted by molar-refractivity contribution is 5.95. The Morgan fingerprint density at radius 1 is 1.20 bits per heavy atom. The van der Waals surface area contributed by atoms with Gasteiger partial charge >= 0.3 is 5.97 Å². The zero-order valence-corrected chi connectivity index (χ0v) is 11.2. The quantitative estimate of drug-likeness (QED) is 0.669. The summed E-state index contributed by atoms with van der Waals surface area (Å²) in [6.45, 7) is 2.00. The first-order chi connectivity index (χ1) is 9.70. The van der Waals surface area contributed by atoms with Crippen molar-refractivity contribution in [2.45, 2.75) is 6.92 Å². The molecular weight excluding hydrogens is 254 g/mol. The summed E-state index contributed by atoms with van der Waals surface area (Å²) in [6.07, 6.45) is 1.76. The molecule has 0 aliphatic rings. The Kier molecular flexibility index (Phi) is 2.95. The molecule has 0 amide bonds. The van der Waals surface area contributed by atoms with Gasteiger partial charge in [-0.05, 0) is 24.6 Å². The summed E-state index contributed by atoms with van der Waals surface area (Å²) < 4.78 is 6.35. The van der Waals surface area contributed by atoms with Gasteiger partial charge in [-0.15, -0.1) is 5.10 Å². The highest BCUT2D eigenvalue weighted by Crippen LogP contribution is 2.21. The molecule has 0 fully saturated rings. The summed E-state index contributed by atoms with van der Waals surface area (Å²) in [5.74, 6) is 0.179. The first kappa shape index (κ1) is 12.3. The minimum Gasteiger partial charge on any atom is -0.465 e. The van der Waals surface area contributed by atoms with Crippen molar-refractivity contribution in [3.63, 3.8) is 0 Å². The number of carbonyl (C=O) groups excluding carboxylic acids is 1. The minimum absolute atomic E-state index is 0.405. The molecule has 3 rings (SSSR count). The normalized spacial score (nSPS) is 10.7. The third-order valence-electron chi connectivity index (χ3n) is 3.15. The van der Waals surface area contributed by atoms with Crippen LogP contribution in [0, 0.1) is 6.92 Å². The van der Waals surface area contributed by atoms with Gasteiger partial charge in [-0.1, -0.05) is 24.3 Å². The summed E-state index contributed by atoms with van der Waals surface area (Å²) in [6, 6.07) is 11.3. The van der Waals surface area contributed by atoms with Gasteiger partial charge in [-0.25, -0.2) is 14.3 Å². The van der Waals surface area contributed by atoms with Crippen molar-refractivity contribution >= 4 is 11.6 Å². The number of nitrogens with zero attached hydrogens (tertiary/aromatic N) is 3. The Balaban J connectivity index is 2.21. The lowest BCUT2D eigenvalue weighted by Gasteiger charge is -1.99. The maximum atomic E-state index is 11.7. The molecule has 2 aromatic heterocycles. The molecule has 0 bridgehead atoms. The van der Waals surface area contributed by atoms with Gasteiger partial charge in [0.1, 0.15) is 5.56 Å². The van der Waals surface area contributed by atoms with E-state index >= 15 is 0 Å². The van der Waals surface area contributed by atoms with Crippen LogP contribution in [0.25, 0.3) is 17.0 Å². The number of ether oxygens (including phenoxy) is 1. The maximum absolute atomic E-state index is 11.7. The van der Waals surface area contributed by atoms with E-state index in [4.69, 9.17) is 4.74 Å². The van der Waals surface area contributed by atoms with E-state index in [1.807, 2.05) is 31.2 Å². The van der Waals surface area contributed by atoms with E-state index < -0.39 is 5.97 Å². The van der Waals surface area contributed by atoms with Crippen LogP contribution in [0.1, 0.15) is 15.9 Å². The molecule has 2 heterocycles. The van der Waals surface area contributed by atoms with Crippen LogP contribution in [0.5, 0.6) is 0 Å². The Labute approximate surface area is 115 Å². The second-order valence-corrected chi connectivity index (χ2v) is 4.43. The SMILES string of the molecule is COC(=O)c1cccn2nc(-c3ccccc3C)nc12. The number of hydrogen-bond donors (Lipinski definition) is 0. The van der Waals surface area contributed by atoms with E-state index in [1.165, 1.54) is 7.11 Å². The fraction of sp³-hybridized carbons (Fsp3) is 0.133. The van der Waals surface area contributed by atoms with Crippen LogP contribution in [0.2, 0.25) is 0 Å². The molecule has 0 atom stereocenters. The van der Waals surface area contributed by atoms with Gasteiger partial charge in [0.15, 0.2) is 11.5 Å². The second kappa shape index (κ2) is 4.77. The fourth-order valence-electron chi connectivity index (χ4n) is 2.11. The van der Waals surface area contributed by atoms with Crippen molar-refractivity contribution in [1.29, 1.82) is 0 Å². The molecule has 1 aromatic carbocycles. The van der Waals surface area contributed by atoms with Gasteiger partial charge in [0.25, 0.3) is 0 Å². The van der Waals surface area contributed by atoms with Crippen LogP contribution in [0.4, 0.5) is 0 Å². The summed E-state index contributed by atoms with van der Waals surface area (Å²) in [4.78, 5) is 16.2. The van der Waals surface area contributed by atoms with Crippen molar-refractivity contribution in [2.75, 3.05) is 7.11 Å². The number of esters is 1. The van der Waals surface area contributed by atoms with Crippen LogP contribution >= 0.6 is 0 Å². The van der Waals surface area contributed by atoms with Crippen molar-refractivity contribution in [3.05, 3.63) is 53.7 Å². The Morgan fingerprint density at radius 2 is 2.00 bits per heavy atom. The van der Waals surface area contributed by atoms with Gasteiger partial charge in [0.05, 0.1) is 7.11 Å². The topological polar surface area (TPSA) is 56.5 Å². The number of pyridine rings is 1. The van der Waals surface area contributed by atoms with Crippen molar-refractivity contribution in [3.8, 4) is 11.4 Å². The fourth-order valence-corrected chi connectivity index (χ4v) is 2.11. The summed E-state index contributed by atoms with van der Waals surface area (Å²) in [5.41, 5.74) is 2.94. The summed E-state index contributed by atoms with van der Waals surface area (Å²) in [7, 11) is 1.35. The summed E-state index contributed by atoms with van der Waals surface area (Å²) in [5, 5.41) is 4.42. The lowest BCUT2D eigenvalue weighted by atomic mass is 10.1. The molecule has 5 nitrogen and oxygen atoms in total. The average molecular weight is 267 g/mol. The number of rotatable bonds is 2. The minimum atomic E-state index is -0.417. The molecule has 5 heteroatoms. The maximum Gasteiger partial charge on any atom is 0.341 e. The number of fused-ring (bicyclic) bond motifs is 1. The molecule has 20 heavy (non-hydrogen) atoms. The molecule has 0 aliphatic heterocycles. The lowest BCUT2D eigenvalue weighted by molar-refractivity contribution is 0.0602. The van der Waals surface area contributed by atoms with Gasteiger partial charge in [0, 0.05) is 11.8 Å². The van der Waals surface area contributed by atoms with Gasteiger partial charge < -0.3 is 4.74 Å². The molecular formula is C15H13N3O2. The number of methoxy groups -OCH3 is 1. The third-order valence-corrected chi connectivity index (χ3v) is 3.15. The van der Waals surface area contributed by atoms with Crippen molar-refractivity contribution in [2.24, 2.45) is 0 Å². The molecule has 0 radical (unpaired) electrons. The number of carbonyl (C=O) groups is 1. The van der Waals surface area contributed by atoms with Crippen LogP contribution in [-0.2, 0) is 4.74 Å². The van der Waals surface area contributed by atoms with E-state index in [9.17, 15) is 4.79 Å². The first-order valence-electron chi connectivity index (χ1n) is 6.20. The molecule has 0 unspecified atom stereocenters. The highest BCUT2D eigenvalue weighted by Gasteiger charge is 2.15. The molecule has 0 saturated heterocycles. The predicted octanol–water partition coefficient (Wildman–Crippen LogP) is 2.49. The largest absolute Gasteiger partial charge is 0.465 e. The van der Waals surface area contributed by atoms with E-state index in [0.717, 1.165) is 11.1 Å². The molecule has 0 saturated carbocycles. The average Bonchev–Trinajstić information content (AvgIpc) is 2.90. The monoisotopic (exact) mass is 267 g/mol. The Hall–Kier alpha value is -2.69.